The van der Waals surface area contributed by atoms with Crippen LogP contribution < -0.4 is 19.9 Å². The van der Waals surface area contributed by atoms with Crippen LogP contribution in [-0.2, 0) is 9.53 Å². The molecule has 4 aromatic rings. The number of piperazine rings is 1. The molecule has 0 spiro atoms. The van der Waals surface area contributed by atoms with Crippen LogP contribution in [-0.4, -0.2) is 94.4 Å². The van der Waals surface area contributed by atoms with Crippen molar-refractivity contribution in [1.82, 2.24) is 30.2 Å². The van der Waals surface area contributed by atoms with Gasteiger partial charge in [-0.2, -0.15) is 0 Å². The van der Waals surface area contributed by atoms with Crippen LogP contribution in [0.3, 0.4) is 0 Å². The SMILES string of the molecule is CC(C)(C)OC(=O)NCC(=O)N1CCN(c2ccc3cccc(OC[C@H]4CCCCN4c4ncnc5nc[nH]c45)c3c2)CC1. The number of carbonyl (C=O) groups excluding carboxylic acids is 2. The fourth-order valence-corrected chi connectivity index (χ4v) is 5.95. The van der Waals surface area contributed by atoms with Crippen molar-refractivity contribution in [2.24, 2.45) is 0 Å². The number of aromatic nitrogens is 4. The molecule has 0 unspecified atom stereocenters. The van der Waals surface area contributed by atoms with E-state index < -0.39 is 11.7 Å². The number of piperidine rings is 1. The van der Waals surface area contributed by atoms with Gasteiger partial charge in [0.2, 0.25) is 5.91 Å². The molecule has 2 saturated heterocycles. The zero-order valence-electron chi connectivity index (χ0n) is 25.6. The van der Waals surface area contributed by atoms with E-state index in [4.69, 9.17) is 9.47 Å². The quantitative estimate of drug-likeness (QED) is 0.322. The van der Waals surface area contributed by atoms with E-state index in [0.717, 1.165) is 59.4 Å². The Morgan fingerprint density at radius 3 is 2.68 bits per heavy atom. The molecule has 0 aliphatic carbocycles. The van der Waals surface area contributed by atoms with Gasteiger partial charge in [0.1, 0.15) is 36.3 Å². The number of aromatic amines is 1. The minimum absolute atomic E-state index is 0.0754. The highest BCUT2D eigenvalue weighted by molar-refractivity contribution is 5.91. The summed E-state index contributed by atoms with van der Waals surface area (Å²) in [5.41, 5.74) is 2.01. The third-order valence-corrected chi connectivity index (χ3v) is 8.14. The number of benzene rings is 2. The molecule has 2 aliphatic rings. The van der Waals surface area contributed by atoms with Crippen molar-refractivity contribution in [3.8, 4) is 5.75 Å². The Morgan fingerprint density at radius 2 is 1.86 bits per heavy atom. The second kappa shape index (κ2) is 12.6. The number of carbonyl (C=O) groups is 2. The number of rotatable bonds is 7. The molecule has 44 heavy (non-hydrogen) atoms. The molecule has 1 atom stereocenters. The first-order valence-corrected chi connectivity index (χ1v) is 15.3. The van der Waals surface area contributed by atoms with Gasteiger partial charge in [0.15, 0.2) is 11.5 Å². The molecule has 2 amide bonds. The predicted molar refractivity (Wildman–Crippen MR) is 169 cm³/mol. The number of fused-ring (bicyclic) bond motifs is 2. The van der Waals surface area contributed by atoms with Crippen molar-refractivity contribution in [2.45, 2.75) is 51.7 Å². The second-order valence-corrected chi connectivity index (χ2v) is 12.3. The first-order chi connectivity index (χ1) is 21.2. The Bertz CT molecular complexity index is 1630. The van der Waals surface area contributed by atoms with Crippen LogP contribution in [0.4, 0.5) is 16.3 Å². The van der Waals surface area contributed by atoms with Crippen molar-refractivity contribution >= 4 is 45.4 Å². The van der Waals surface area contributed by atoms with E-state index in [9.17, 15) is 9.59 Å². The fourth-order valence-electron chi connectivity index (χ4n) is 5.95. The minimum atomic E-state index is -0.606. The van der Waals surface area contributed by atoms with Crippen LogP contribution in [0.5, 0.6) is 5.75 Å². The molecule has 0 bridgehead atoms. The Hall–Kier alpha value is -4.61. The highest BCUT2D eigenvalue weighted by atomic mass is 16.6. The molecule has 4 heterocycles. The van der Waals surface area contributed by atoms with E-state index >= 15 is 0 Å². The third-order valence-electron chi connectivity index (χ3n) is 8.14. The van der Waals surface area contributed by atoms with Gasteiger partial charge in [0, 0.05) is 43.8 Å². The van der Waals surface area contributed by atoms with Gasteiger partial charge in [-0.3, -0.25) is 4.79 Å². The zero-order valence-corrected chi connectivity index (χ0v) is 25.6. The Labute approximate surface area is 256 Å². The normalized spacial score (nSPS) is 17.6. The van der Waals surface area contributed by atoms with Crippen LogP contribution in [0.25, 0.3) is 21.9 Å². The van der Waals surface area contributed by atoms with Gasteiger partial charge in [-0.25, -0.2) is 19.7 Å². The average Bonchev–Trinajstić information content (AvgIpc) is 3.51. The van der Waals surface area contributed by atoms with Gasteiger partial charge in [-0.15, -0.1) is 0 Å². The van der Waals surface area contributed by atoms with Crippen LogP contribution in [0.1, 0.15) is 40.0 Å². The van der Waals surface area contributed by atoms with E-state index in [-0.39, 0.29) is 18.5 Å². The van der Waals surface area contributed by atoms with E-state index in [1.165, 1.54) is 0 Å². The van der Waals surface area contributed by atoms with E-state index in [0.29, 0.717) is 38.4 Å². The Morgan fingerprint density at radius 1 is 1.02 bits per heavy atom. The lowest BCUT2D eigenvalue weighted by molar-refractivity contribution is -0.130. The molecule has 6 rings (SSSR count). The second-order valence-electron chi connectivity index (χ2n) is 12.3. The number of amides is 2. The number of hydrogen-bond acceptors (Lipinski definition) is 9. The van der Waals surface area contributed by atoms with Crippen LogP contribution in [0, 0.1) is 0 Å². The lowest BCUT2D eigenvalue weighted by Gasteiger charge is -2.37. The van der Waals surface area contributed by atoms with Gasteiger partial charge in [0.05, 0.1) is 12.4 Å². The lowest BCUT2D eigenvalue weighted by Crippen LogP contribution is -2.51. The molecule has 2 aliphatic heterocycles. The maximum atomic E-state index is 12.7. The van der Waals surface area contributed by atoms with Gasteiger partial charge >= 0.3 is 6.09 Å². The summed E-state index contributed by atoms with van der Waals surface area (Å²) in [4.78, 5) is 47.4. The molecule has 12 nitrogen and oxygen atoms in total. The predicted octanol–water partition coefficient (Wildman–Crippen LogP) is 4.12. The number of nitrogens with zero attached hydrogens (tertiary/aromatic N) is 6. The summed E-state index contributed by atoms with van der Waals surface area (Å²) in [5, 5.41) is 4.74. The van der Waals surface area contributed by atoms with Crippen molar-refractivity contribution in [2.75, 3.05) is 55.7 Å². The molecule has 2 aromatic heterocycles. The van der Waals surface area contributed by atoms with Crippen molar-refractivity contribution in [3.05, 3.63) is 49.1 Å². The van der Waals surface area contributed by atoms with E-state index in [2.05, 4.69) is 59.3 Å². The number of nitrogens with one attached hydrogen (secondary N) is 2. The van der Waals surface area contributed by atoms with Crippen molar-refractivity contribution in [1.29, 1.82) is 0 Å². The topological polar surface area (TPSA) is 129 Å². The molecule has 2 aromatic carbocycles. The van der Waals surface area contributed by atoms with Gasteiger partial charge in [0.25, 0.3) is 0 Å². The van der Waals surface area contributed by atoms with Crippen LogP contribution in [0.2, 0.25) is 0 Å². The Balaban J connectivity index is 1.10. The highest BCUT2D eigenvalue weighted by Crippen LogP contribution is 2.32. The number of ether oxygens (including phenoxy) is 2. The average molecular weight is 601 g/mol. The first-order valence-electron chi connectivity index (χ1n) is 15.3. The molecule has 0 radical (unpaired) electrons. The molecular formula is C32H40N8O4. The largest absolute Gasteiger partial charge is 0.491 e. The molecule has 12 heteroatoms. The van der Waals surface area contributed by atoms with E-state index in [1.807, 2.05) is 12.1 Å². The summed E-state index contributed by atoms with van der Waals surface area (Å²) < 4.78 is 11.8. The lowest BCUT2D eigenvalue weighted by atomic mass is 10.0. The van der Waals surface area contributed by atoms with Gasteiger partial charge in [-0.05, 0) is 63.6 Å². The summed E-state index contributed by atoms with van der Waals surface area (Å²) in [7, 11) is 0. The van der Waals surface area contributed by atoms with E-state index in [1.54, 1.807) is 38.3 Å². The van der Waals surface area contributed by atoms with Gasteiger partial charge < -0.3 is 34.5 Å². The number of imidazole rings is 1. The smallest absolute Gasteiger partial charge is 0.408 e. The summed E-state index contributed by atoms with van der Waals surface area (Å²) in [5.74, 6) is 1.61. The maximum absolute atomic E-state index is 12.7. The maximum Gasteiger partial charge on any atom is 0.408 e. The summed E-state index contributed by atoms with van der Waals surface area (Å²) in [6, 6.07) is 12.8. The molecule has 0 saturated carbocycles. The summed E-state index contributed by atoms with van der Waals surface area (Å²) in [6.45, 7) is 9.30. The summed E-state index contributed by atoms with van der Waals surface area (Å²) in [6.07, 6.45) is 5.92. The molecule has 2 N–H and O–H groups in total. The minimum Gasteiger partial charge on any atom is -0.491 e. The monoisotopic (exact) mass is 600 g/mol. The molecule has 232 valence electrons. The van der Waals surface area contributed by atoms with Gasteiger partial charge in [-0.1, -0.05) is 18.2 Å². The number of hydrogen-bond donors (Lipinski definition) is 2. The van der Waals surface area contributed by atoms with Crippen LogP contribution >= 0.6 is 0 Å². The van der Waals surface area contributed by atoms with Crippen LogP contribution in [0.15, 0.2) is 49.1 Å². The molecule has 2 fully saturated rings. The number of alkyl carbamates (subject to hydrolysis) is 1. The van der Waals surface area contributed by atoms with Crippen molar-refractivity contribution in [3.63, 3.8) is 0 Å². The fraction of sp³-hybridized carbons (Fsp3) is 0.469. The zero-order chi connectivity index (χ0) is 30.7. The molecular weight excluding hydrogens is 560 g/mol. The standard InChI is InChI=1S/C32H40N8O4/c1-32(2,3)44-31(42)33-18-27(41)39-15-13-38(14-16-39)23-11-10-22-7-6-9-26(25(22)17-23)43-19-24-8-4-5-12-40(24)30-28-29(35-20-34-28)36-21-37-30/h6-7,9-11,17,20-21,24H,4-5,8,12-16,18-19H2,1-3H3,(H,33,42)(H,34,35,36,37)/t24-/m1/s1. The number of anilines is 2. The first kappa shape index (κ1) is 29.5. The highest BCUT2D eigenvalue weighted by Gasteiger charge is 2.27. The van der Waals surface area contributed by atoms with Crippen molar-refractivity contribution < 1.29 is 19.1 Å². The number of H-pyrrole nitrogens is 1. The summed E-state index contributed by atoms with van der Waals surface area (Å²) >= 11 is 0. The Kier molecular flexibility index (Phi) is 8.40. The third kappa shape index (κ3) is 6.63.